The minimum atomic E-state index is 0.438. The highest BCUT2D eigenvalue weighted by molar-refractivity contribution is 9.10. The van der Waals surface area contributed by atoms with E-state index in [2.05, 4.69) is 63.5 Å². The minimum absolute atomic E-state index is 0.438. The molecule has 0 saturated carbocycles. The van der Waals surface area contributed by atoms with Crippen LogP contribution in [-0.2, 0) is 6.42 Å². The van der Waals surface area contributed by atoms with Crippen molar-refractivity contribution >= 4 is 21.6 Å². The average Bonchev–Trinajstić information content (AvgIpc) is 2.40. The standard InChI is InChI=1S/C15H17BrN2/c1-12(7-8-13-5-3-2-4-6-13)18-14-9-10-15(16)17-11-14/h2-6,9-12,18H,7-8H2,1H3. The SMILES string of the molecule is CC(CCc1ccccc1)Nc1ccc(Br)nc1. The first-order valence-electron chi connectivity index (χ1n) is 6.16. The topological polar surface area (TPSA) is 24.9 Å². The molecule has 0 fully saturated rings. The molecular weight excluding hydrogens is 288 g/mol. The number of pyridine rings is 1. The largest absolute Gasteiger partial charge is 0.381 e. The Labute approximate surface area is 117 Å². The zero-order valence-electron chi connectivity index (χ0n) is 10.4. The fraction of sp³-hybridized carbons (Fsp3) is 0.267. The minimum Gasteiger partial charge on any atom is -0.381 e. The normalized spacial score (nSPS) is 12.1. The zero-order chi connectivity index (χ0) is 12.8. The Morgan fingerprint density at radius 3 is 2.61 bits per heavy atom. The molecule has 2 nitrogen and oxygen atoms in total. The van der Waals surface area contributed by atoms with Gasteiger partial charge in [-0.05, 0) is 53.4 Å². The van der Waals surface area contributed by atoms with Gasteiger partial charge in [0.1, 0.15) is 4.60 Å². The van der Waals surface area contributed by atoms with E-state index in [9.17, 15) is 0 Å². The highest BCUT2D eigenvalue weighted by Crippen LogP contribution is 2.13. The summed E-state index contributed by atoms with van der Waals surface area (Å²) in [5.74, 6) is 0. The van der Waals surface area contributed by atoms with Gasteiger partial charge >= 0.3 is 0 Å². The van der Waals surface area contributed by atoms with E-state index in [0.29, 0.717) is 6.04 Å². The first-order chi connectivity index (χ1) is 8.74. The Bertz CT molecular complexity index is 468. The molecule has 1 atom stereocenters. The van der Waals surface area contributed by atoms with Gasteiger partial charge in [0.15, 0.2) is 0 Å². The van der Waals surface area contributed by atoms with E-state index in [1.165, 1.54) is 5.56 Å². The fourth-order valence-electron chi connectivity index (χ4n) is 1.85. The summed E-state index contributed by atoms with van der Waals surface area (Å²) in [4.78, 5) is 4.20. The van der Waals surface area contributed by atoms with Crippen molar-refractivity contribution in [1.29, 1.82) is 0 Å². The van der Waals surface area contributed by atoms with E-state index in [-0.39, 0.29) is 0 Å². The van der Waals surface area contributed by atoms with Gasteiger partial charge in [0.2, 0.25) is 0 Å². The van der Waals surface area contributed by atoms with E-state index in [1.807, 2.05) is 18.3 Å². The maximum absolute atomic E-state index is 4.20. The molecule has 0 aliphatic rings. The van der Waals surface area contributed by atoms with Crippen LogP contribution in [-0.4, -0.2) is 11.0 Å². The van der Waals surface area contributed by atoms with Crippen LogP contribution in [0.25, 0.3) is 0 Å². The number of benzene rings is 1. The molecule has 1 unspecified atom stereocenters. The zero-order valence-corrected chi connectivity index (χ0v) is 12.0. The molecule has 1 aromatic heterocycles. The Balaban J connectivity index is 1.82. The summed E-state index contributed by atoms with van der Waals surface area (Å²) in [5, 5.41) is 3.46. The van der Waals surface area contributed by atoms with Gasteiger partial charge in [0, 0.05) is 6.04 Å². The summed E-state index contributed by atoms with van der Waals surface area (Å²) in [5.41, 5.74) is 2.46. The van der Waals surface area contributed by atoms with Crippen LogP contribution in [0.5, 0.6) is 0 Å². The molecule has 94 valence electrons. The van der Waals surface area contributed by atoms with Gasteiger partial charge in [-0.1, -0.05) is 30.3 Å². The maximum Gasteiger partial charge on any atom is 0.106 e. The smallest absolute Gasteiger partial charge is 0.106 e. The molecule has 0 amide bonds. The number of anilines is 1. The van der Waals surface area contributed by atoms with Gasteiger partial charge in [-0.3, -0.25) is 0 Å². The number of nitrogens with zero attached hydrogens (tertiary/aromatic N) is 1. The summed E-state index contributed by atoms with van der Waals surface area (Å²) >= 11 is 3.33. The number of hydrogen-bond donors (Lipinski definition) is 1. The van der Waals surface area contributed by atoms with Crippen molar-refractivity contribution in [3.05, 3.63) is 58.8 Å². The van der Waals surface area contributed by atoms with Crippen molar-refractivity contribution in [2.24, 2.45) is 0 Å². The third-order valence-electron chi connectivity index (χ3n) is 2.85. The molecule has 0 aliphatic heterocycles. The van der Waals surface area contributed by atoms with Crippen LogP contribution in [0.2, 0.25) is 0 Å². The third kappa shape index (κ3) is 4.15. The average molecular weight is 305 g/mol. The number of hydrogen-bond acceptors (Lipinski definition) is 2. The molecule has 0 saturated heterocycles. The van der Waals surface area contributed by atoms with Crippen LogP contribution in [0.1, 0.15) is 18.9 Å². The monoisotopic (exact) mass is 304 g/mol. The second kappa shape index (κ2) is 6.55. The number of rotatable bonds is 5. The summed E-state index contributed by atoms with van der Waals surface area (Å²) in [7, 11) is 0. The van der Waals surface area contributed by atoms with Crippen molar-refractivity contribution in [2.75, 3.05) is 5.32 Å². The number of nitrogens with one attached hydrogen (secondary N) is 1. The summed E-state index contributed by atoms with van der Waals surface area (Å²) in [6.45, 7) is 2.20. The van der Waals surface area contributed by atoms with Crippen molar-refractivity contribution in [2.45, 2.75) is 25.8 Å². The van der Waals surface area contributed by atoms with Gasteiger partial charge in [-0.15, -0.1) is 0 Å². The highest BCUT2D eigenvalue weighted by Gasteiger charge is 2.03. The summed E-state index contributed by atoms with van der Waals surface area (Å²) in [6, 6.07) is 15.0. The molecule has 1 N–H and O–H groups in total. The van der Waals surface area contributed by atoms with E-state index >= 15 is 0 Å². The lowest BCUT2D eigenvalue weighted by molar-refractivity contribution is 0.706. The van der Waals surface area contributed by atoms with E-state index in [0.717, 1.165) is 23.1 Å². The van der Waals surface area contributed by atoms with Gasteiger partial charge in [0.05, 0.1) is 11.9 Å². The van der Waals surface area contributed by atoms with Crippen molar-refractivity contribution < 1.29 is 0 Å². The Hall–Kier alpha value is -1.35. The number of aromatic nitrogens is 1. The predicted molar refractivity (Wildman–Crippen MR) is 79.8 cm³/mol. The Morgan fingerprint density at radius 1 is 1.17 bits per heavy atom. The van der Waals surface area contributed by atoms with Gasteiger partial charge < -0.3 is 5.32 Å². The quantitative estimate of drug-likeness (QED) is 0.834. The van der Waals surface area contributed by atoms with Crippen LogP contribution in [0.15, 0.2) is 53.3 Å². The lowest BCUT2D eigenvalue weighted by Gasteiger charge is -2.14. The Kier molecular flexibility index (Phi) is 4.76. The second-order valence-electron chi connectivity index (χ2n) is 4.44. The van der Waals surface area contributed by atoms with Crippen molar-refractivity contribution in [1.82, 2.24) is 4.98 Å². The van der Waals surface area contributed by atoms with Crippen LogP contribution < -0.4 is 5.32 Å². The lowest BCUT2D eigenvalue weighted by Crippen LogP contribution is -2.16. The summed E-state index contributed by atoms with van der Waals surface area (Å²) < 4.78 is 0.866. The summed E-state index contributed by atoms with van der Waals surface area (Å²) in [6.07, 6.45) is 4.06. The molecule has 1 aromatic carbocycles. The number of halogens is 1. The molecule has 2 aromatic rings. The van der Waals surface area contributed by atoms with Crippen molar-refractivity contribution in [3.63, 3.8) is 0 Å². The molecule has 18 heavy (non-hydrogen) atoms. The third-order valence-corrected chi connectivity index (χ3v) is 3.32. The maximum atomic E-state index is 4.20. The van der Waals surface area contributed by atoms with Crippen molar-refractivity contribution in [3.8, 4) is 0 Å². The molecular formula is C15H17BrN2. The predicted octanol–water partition coefficient (Wildman–Crippen LogP) is 4.28. The van der Waals surface area contributed by atoms with Gasteiger partial charge in [-0.25, -0.2) is 4.98 Å². The first-order valence-corrected chi connectivity index (χ1v) is 6.95. The van der Waals surface area contributed by atoms with Crippen LogP contribution in [0.4, 0.5) is 5.69 Å². The van der Waals surface area contributed by atoms with Crippen LogP contribution >= 0.6 is 15.9 Å². The lowest BCUT2D eigenvalue weighted by atomic mass is 10.1. The van der Waals surface area contributed by atoms with Gasteiger partial charge in [0.25, 0.3) is 0 Å². The number of aryl methyl sites for hydroxylation is 1. The van der Waals surface area contributed by atoms with Crippen LogP contribution in [0.3, 0.4) is 0 Å². The van der Waals surface area contributed by atoms with E-state index in [1.54, 1.807) is 0 Å². The van der Waals surface area contributed by atoms with E-state index < -0.39 is 0 Å². The molecule has 0 radical (unpaired) electrons. The molecule has 0 spiro atoms. The fourth-order valence-corrected chi connectivity index (χ4v) is 2.08. The molecule has 3 heteroatoms. The first kappa shape index (κ1) is 13.1. The molecule has 0 aliphatic carbocycles. The molecule has 2 rings (SSSR count). The molecule has 0 bridgehead atoms. The highest BCUT2D eigenvalue weighted by atomic mass is 79.9. The molecule has 1 heterocycles. The second-order valence-corrected chi connectivity index (χ2v) is 5.25. The van der Waals surface area contributed by atoms with Gasteiger partial charge in [-0.2, -0.15) is 0 Å². The van der Waals surface area contributed by atoms with E-state index in [4.69, 9.17) is 0 Å². The van der Waals surface area contributed by atoms with Crippen LogP contribution in [0, 0.1) is 0 Å². The Morgan fingerprint density at radius 2 is 1.94 bits per heavy atom.